The van der Waals surface area contributed by atoms with Gasteiger partial charge in [0.2, 0.25) is 0 Å². The summed E-state index contributed by atoms with van der Waals surface area (Å²) in [5.74, 6) is 1.52. The molecule has 0 bridgehead atoms. The molecule has 1 aromatic carbocycles. The van der Waals surface area contributed by atoms with Gasteiger partial charge >= 0.3 is 0 Å². The number of furan rings is 1. The van der Waals surface area contributed by atoms with Gasteiger partial charge in [-0.2, -0.15) is 0 Å². The lowest BCUT2D eigenvalue weighted by atomic mass is 10.2. The highest BCUT2D eigenvalue weighted by molar-refractivity contribution is 9.10. The average molecular weight is 450 g/mol. The minimum absolute atomic E-state index is 0.228. The normalized spacial score (nSPS) is 11.9. The summed E-state index contributed by atoms with van der Waals surface area (Å²) >= 11 is 9.33. The van der Waals surface area contributed by atoms with Crippen LogP contribution in [0.1, 0.15) is 18.2 Å². The quantitative estimate of drug-likeness (QED) is 0.505. The molecule has 3 aromatic rings. The first-order chi connectivity index (χ1) is 12.9. The van der Waals surface area contributed by atoms with Crippen molar-refractivity contribution in [1.29, 1.82) is 0 Å². The zero-order chi connectivity index (χ0) is 19.4. The molecule has 0 saturated heterocycles. The van der Waals surface area contributed by atoms with Crippen LogP contribution < -0.4 is 9.64 Å². The van der Waals surface area contributed by atoms with Crippen LogP contribution in [0.3, 0.4) is 0 Å². The molecule has 7 heteroatoms. The molecule has 0 saturated carbocycles. The Bertz CT molecular complexity index is 930. The molecule has 1 amide bonds. The molecule has 0 radical (unpaired) electrons. The summed E-state index contributed by atoms with van der Waals surface area (Å²) < 4.78 is 12.0. The van der Waals surface area contributed by atoms with E-state index in [0.29, 0.717) is 27.0 Å². The monoisotopic (exact) mass is 448 g/mol. The van der Waals surface area contributed by atoms with Crippen molar-refractivity contribution in [3.63, 3.8) is 0 Å². The van der Waals surface area contributed by atoms with Crippen molar-refractivity contribution in [2.45, 2.75) is 26.5 Å². The van der Waals surface area contributed by atoms with Gasteiger partial charge < -0.3 is 9.15 Å². The molecule has 0 unspecified atom stereocenters. The molecule has 0 aliphatic rings. The van der Waals surface area contributed by atoms with Gasteiger partial charge in [0.05, 0.1) is 6.54 Å². The Hall–Kier alpha value is -2.31. The minimum atomic E-state index is -0.717. The van der Waals surface area contributed by atoms with E-state index < -0.39 is 6.10 Å². The summed E-state index contributed by atoms with van der Waals surface area (Å²) in [7, 11) is 0. The van der Waals surface area contributed by atoms with Crippen molar-refractivity contribution < 1.29 is 13.9 Å². The van der Waals surface area contributed by atoms with Crippen molar-refractivity contribution in [1.82, 2.24) is 4.98 Å². The number of nitrogens with zero attached hydrogens (tertiary/aromatic N) is 2. The molecular weight excluding hydrogens is 432 g/mol. The lowest BCUT2D eigenvalue weighted by Crippen LogP contribution is -2.40. The first kappa shape index (κ1) is 19.5. The third-order valence-electron chi connectivity index (χ3n) is 3.92. The van der Waals surface area contributed by atoms with Gasteiger partial charge in [0.15, 0.2) is 10.8 Å². The first-order valence-corrected chi connectivity index (χ1v) is 9.50. The van der Waals surface area contributed by atoms with Gasteiger partial charge in [-0.25, -0.2) is 4.98 Å². The Morgan fingerprint density at radius 3 is 2.74 bits per heavy atom. The van der Waals surface area contributed by atoms with E-state index >= 15 is 0 Å². The number of halogens is 2. The van der Waals surface area contributed by atoms with E-state index in [2.05, 4.69) is 20.9 Å². The molecule has 0 aliphatic carbocycles. The summed E-state index contributed by atoms with van der Waals surface area (Å²) in [6, 6.07) is 14.3. The first-order valence-electron chi connectivity index (χ1n) is 8.33. The predicted octanol–water partition coefficient (Wildman–Crippen LogP) is 5.40. The summed E-state index contributed by atoms with van der Waals surface area (Å²) in [5, 5.41) is 0.653. The van der Waals surface area contributed by atoms with Crippen LogP contribution in [0, 0.1) is 6.92 Å². The van der Waals surface area contributed by atoms with Crippen LogP contribution in [-0.4, -0.2) is 17.0 Å². The highest BCUT2D eigenvalue weighted by Crippen LogP contribution is 2.24. The van der Waals surface area contributed by atoms with E-state index in [1.54, 1.807) is 60.5 Å². The van der Waals surface area contributed by atoms with Crippen LogP contribution in [0.5, 0.6) is 5.75 Å². The van der Waals surface area contributed by atoms with E-state index in [1.165, 1.54) is 0 Å². The smallest absolute Gasteiger partial charge is 0.269 e. The highest BCUT2D eigenvalue weighted by Gasteiger charge is 2.25. The molecule has 0 N–H and O–H groups in total. The van der Waals surface area contributed by atoms with Gasteiger partial charge in [0.1, 0.15) is 17.3 Å². The van der Waals surface area contributed by atoms with Crippen LogP contribution in [-0.2, 0) is 11.3 Å². The summed E-state index contributed by atoms with van der Waals surface area (Å²) in [6.45, 7) is 3.84. The third-order valence-corrected chi connectivity index (χ3v) is 4.77. The summed E-state index contributed by atoms with van der Waals surface area (Å²) in [5.41, 5.74) is 0.885. The number of carbonyl (C=O) groups is 1. The van der Waals surface area contributed by atoms with Crippen LogP contribution in [0.25, 0.3) is 0 Å². The van der Waals surface area contributed by atoms with Crippen LogP contribution in [0.4, 0.5) is 5.82 Å². The van der Waals surface area contributed by atoms with Gasteiger partial charge in [0.25, 0.3) is 5.91 Å². The van der Waals surface area contributed by atoms with Gasteiger partial charge in [-0.15, -0.1) is 0 Å². The molecule has 0 aliphatic heterocycles. The second kappa shape index (κ2) is 8.59. The van der Waals surface area contributed by atoms with E-state index in [9.17, 15) is 4.79 Å². The maximum Gasteiger partial charge on any atom is 0.269 e. The summed E-state index contributed by atoms with van der Waals surface area (Å²) in [4.78, 5) is 18.9. The topological polar surface area (TPSA) is 55.6 Å². The lowest BCUT2D eigenvalue weighted by Gasteiger charge is -2.24. The molecule has 140 valence electrons. The molecule has 0 spiro atoms. The highest BCUT2D eigenvalue weighted by atomic mass is 79.9. The van der Waals surface area contributed by atoms with Crippen LogP contribution in [0.15, 0.2) is 63.8 Å². The SMILES string of the molecule is Cc1cc(O[C@@H](C)C(=O)N(Cc2ccc(Br)o2)c2ccccn2)ccc1Cl. The van der Waals surface area contributed by atoms with Crippen molar-refractivity contribution >= 4 is 39.3 Å². The van der Waals surface area contributed by atoms with Crippen LogP contribution >= 0.6 is 27.5 Å². The molecule has 0 fully saturated rings. The molecule has 27 heavy (non-hydrogen) atoms. The van der Waals surface area contributed by atoms with E-state index in [-0.39, 0.29) is 12.5 Å². The molecule has 1 atom stereocenters. The average Bonchev–Trinajstić information content (AvgIpc) is 3.08. The fourth-order valence-electron chi connectivity index (χ4n) is 2.54. The van der Waals surface area contributed by atoms with Gasteiger partial charge in [-0.1, -0.05) is 17.7 Å². The van der Waals surface area contributed by atoms with Crippen molar-refractivity contribution in [2.75, 3.05) is 4.90 Å². The maximum atomic E-state index is 13.1. The number of anilines is 1. The van der Waals surface area contributed by atoms with Gasteiger partial charge in [-0.3, -0.25) is 9.69 Å². The molecule has 2 aromatic heterocycles. The molecule has 3 rings (SSSR count). The molecular formula is C20H18BrClN2O3. The Kier molecular flexibility index (Phi) is 6.19. The standard InChI is InChI=1S/C20H18BrClN2O3/c1-13-11-15(6-8-17(13)22)26-14(2)20(25)24(19-5-3-4-10-23-19)12-16-7-9-18(21)27-16/h3-11,14H,12H2,1-2H3/t14-/m0/s1. The Morgan fingerprint density at radius 1 is 1.30 bits per heavy atom. The zero-order valence-electron chi connectivity index (χ0n) is 14.9. The lowest BCUT2D eigenvalue weighted by molar-refractivity contribution is -0.124. The number of amides is 1. The minimum Gasteiger partial charge on any atom is -0.481 e. The second-order valence-electron chi connectivity index (χ2n) is 5.99. The molecule has 2 heterocycles. The van der Waals surface area contributed by atoms with Crippen molar-refractivity contribution in [2.24, 2.45) is 0 Å². The fourth-order valence-corrected chi connectivity index (χ4v) is 3.00. The van der Waals surface area contributed by atoms with Gasteiger partial charge in [-0.05, 0) is 77.8 Å². The maximum absolute atomic E-state index is 13.1. The Morgan fingerprint density at radius 2 is 2.11 bits per heavy atom. The van der Waals surface area contributed by atoms with E-state index in [1.807, 2.05) is 13.0 Å². The number of carbonyl (C=O) groups excluding carboxylic acids is 1. The van der Waals surface area contributed by atoms with Crippen LogP contribution in [0.2, 0.25) is 5.02 Å². The fraction of sp³-hybridized carbons (Fsp3) is 0.200. The number of benzene rings is 1. The number of hydrogen-bond donors (Lipinski definition) is 0. The van der Waals surface area contributed by atoms with E-state index in [0.717, 1.165) is 5.56 Å². The summed E-state index contributed by atoms with van der Waals surface area (Å²) in [6.07, 6.45) is 0.924. The third kappa shape index (κ3) is 4.90. The second-order valence-corrected chi connectivity index (χ2v) is 7.18. The number of aromatic nitrogens is 1. The van der Waals surface area contributed by atoms with Crippen molar-refractivity contribution in [3.05, 3.63) is 75.7 Å². The number of rotatable bonds is 6. The van der Waals surface area contributed by atoms with Crippen molar-refractivity contribution in [3.8, 4) is 5.75 Å². The Labute approximate surface area is 171 Å². The van der Waals surface area contributed by atoms with Gasteiger partial charge in [0, 0.05) is 11.2 Å². The number of pyridine rings is 1. The largest absolute Gasteiger partial charge is 0.481 e. The van der Waals surface area contributed by atoms with E-state index in [4.69, 9.17) is 20.8 Å². The Balaban J connectivity index is 1.81. The zero-order valence-corrected chi connectivity index (χ0v) is 17.2. The predicted molar refractivity (Wildman–Crippen MR) is 108 cm³/mol. The number of aryl methyl sites for hydroxylation is 1. The number of ether oxygens (including phenoxy) is 1. The molecule has 5 nitrogen and oxygen atoms in total. The number of hydrogen-bond acceptors (Lipinski definition) is 4.